The first kappa shape index (κ1) is 10.0. The number of hydrogen-bond acceptors (Lipinski definition) is 4. The van der Waals surface area contributed by atoms with E-state index in [0.717, 1.165) is 16.8 Å². The highest BCUT2D eigenvalue weighted by Gasteiger charge is 2.15. The van der Waals surface area contributed by atoms with E-state index in [0.29, 0.717) is 5.16 Å². The fourth-order valence-electron chi connectivity index (χ4n) is 1.14. The van der Waals surface area contributed by atoms with Crippen molar-refractivity contribution in [2.75, 3.05) is 6.26 Å². The number of hydrogen-bond donors (Lipinski definition) is 0. The van der Waals surface area contributed by atoms with E-state index in [4.69, 9.17) is 0 Å². The summed E-state index contributed by atoms with van der Waals surface area (Å²) in [5.41, 5.74) is -0.258. The second-order valence-electron chi connectivity index (χ2n) is 2.65. The second-order valence-corrected chi connectivity index (χ2v) is 3.42. The van der Waals surface area contributed by atoms with Gasteiger partial charge in [-0.15, -0.1) is 5.10 Å². The van der Waals surface area contributed by atoms with Gasteiger partial charge in [0.2, 0.25) is 5.16 Å². The van der Waals surface area contributed by atoms with Gasteiger partial charge in [-0.3, -0.25) is 0 Å². The molecule has 1 heterocycles. The Balaban J connectivity index is 2.63. The highest BCUT2D eigenvalue weighted by molar-refractivity contribution is 7.98. The lowest BCUT2D eigenvalue weighted by molar-refractivity contribution is 0.548. The average molecular weight is 228 g/mol. The first-order valence-electron chi connectivity index (χ1n) is 4.01. The van der Waals surface area contributed by atoms with E-state index in [1.54, 1.807) is 6.26 Å². The highest BCUT2D eigenvalue weighted by Crippen LogP contribution is 2.20. The first-order chi connectivity index (χ1) is 7.24. The third kappa shape index (κ3) is 1.70. The Morgan fingerprint density at radius 1 is 1.27 bits per heavy atom. The average Bonchev–Trinajstić information content (AvgIpc) is 2.65. The van der Waals surface area contributed by atoms with E-state index in [2.05, 4.69) is 15.5 Å². The summed E-state index contributed by atoms with van der Waals surface area (Å²) in [4.78, 5) is 0. The maximum Gasteiger partial charge on any atom is 0.214 e. The summed E-state index contributed by atoms with van der Waals surface area (Å²) < 4.78 is 27.8. The van der Waals surface area contributed by atoms with Crippen molar-refractivity contribution in [2.24, 2.45) is 0 Å². The lowest BCUT2D eigenvalue weighted by atomic mass is 10.3. The molecule has 0 aliphatic carbocycles. The zero-order valence-electron chi connectivity index (χ0n) is 7.69. The molecule has 2 rings (SSSR count). The molecular weight excluding hydrogens is 222 g/mol. The van der Waals surface area contributed by atoms with Crippen LogP contribution in [0.1, 0.15) is 0 Å². The number of thioether (sulfide) groups is 1. The summed E-state index contributed by atoms with van der Waals surface area (Å²) in [7, 11) is 0. The SMILES string of the molecule is CSc1nnnn1-c1c(F)cccc1F. The number of rotatable bonds is 2. The summed E-state index contributed by atoms with van der Waals surface area (Å²) in [6, 6.07) is 3.60. The smallest absolute Gasteiger partial charge is 0.204 e. The van der Waals surface area contributed by atoms with Crippen LogP contribution in [0.15, 0.2) is 23.4 Å². The molecule has 0 spiro atoms. The van der Waals surface area contributed by atoms with Crippen molar-refractivity contribution in [1.82, 2.24) is 20.2 Å². The van der Waals surface area contributed by atoms with E-state index >= 15 is 0 Å². The number of nitrogens with zero attached hydrogens (tertiary/aromatic N) is 4. The lowest BCUT2D eigenvalue weighted by Gasteiger charge is -2.04. The van der Waals surface area contributed by atoms with E-state index in [1.807, 2.05) is 0 Å². The van der Waals surface area contributed by atoms with Gasteiger partial charge < -0.3 is 0 Å². The van der Waals surface area contributed by atoms with E-state index in [9.17, 15) is 8.78 Å². The fraction of sp³-hybridized carbons (Fsp3) is 0.125. The van der Waals surface area contributed by atoms with Crippen molar-refractivity contribution in [3.05, 3.63) is 29.8 Å². The molecule has 0 radical (unpaired) electrons. The van der Waals surface area contributed by atoms with Gasteiger partial charge in [-0.1, -0.05) is 17.8 Å². The van der Waals surface area contributed by atoms with Crippen LogP contribution in [-0.2, 0) is 0 Å². The van der Waals surface area contributed by atoms with Gasteiger partial charge in [0.25, 0.3) is 0 Å². The van der Waals surface area contributed by atoms with Gasteiger partial charge in [0, 0.05) is 0 Å². The van der Waals surface area contributed by atoms with Crippen molar-refractivity contribution < 1.29 is 8.78 Å². The molecule has 0 saturated heterocycles. The minimum absolute atomic E-state index is 0.258. The monoisotopic (exact) mass is 228 g/mol. The Morgan fingerprint density at radius 3 is 2.53 bits per heavy atom. The molecule has 0 aliphatic heterocycles. The Hall–Kier alpha value is -1.50. The van der Waals surface area contributed by atoms with Gasteiger partial charge >= 0.3 is 0 Å². The van der Waals surface area contributed by atoms with Gasteiger partial charge in [0.15, 0.2) is 11.6 Å². The molecule has 0 fully saturated rings. The van der Waals surface area contributed by atoms with Crippen molar-refractivity contribution in [2.45, 2.75) is 5.16 Å². The number of halogens is 2. The molecule has 15 heavy (non-hydrogen) atoms. The quantitative estimate of drug-likeness (QED) is 0.733. The van der Waals surface area contributed by atoms with Crippen molar-refractivity contribution in [3.8, 4) is 5.69 Å². The largest absolute Gasteiger partial charge is 0.214 e. The maximum absolute atomic E-state index is 13.4. The molecule has 1 aromatic heterocycles. The maximum atomic E-state index is 13.4. The third-order valence-electron chi connectivity index (χ3n) is 1.77. The molecule has 0 amide bonds. The minimum atomic E-state index is -0.697. The van der Waals surface area contributed by atoms with Crippen LogP contribution in [0.2, 0.25) is 0 Å². The van der Waals surface area contributed by atoms with Crippen LogP contribution in [0.5, 0.6) is 0 Å². The van der Waals surface area contributed by atoms with Crippen molar-refractivity contribution in [3.63, 3.8) is 0 Å². The fourth-order valence-corrected chi connectivity index (χ4v) is 1.56. The summed E-state index contributed by atoms with van der Waals surface area (Å²) in [5.74, 6) is -1.39. The molecule has 0 atom stereocenters. The topological polar surface area (TPSA) is 43.6 Å². The van der Waals surface area contributed by atoms with Gasteiger partial charge in [0.1, 0.15) is 5.69 Å². The zero-order chi connectivity index (χ0) is 10.8. The molecule has 0 aliphatic rings. The molecule has 0 bridgehead atoms. The minimum Gasteiger partial charge on any atom is -0.204 e. The molecule has 0 unspecified atom stereocenters. The van der Waals surface area contributed by atoms with Gasteiger partial charge in [0.05, 0.1) is 0 Å². The number of tetrazole rings is 1. The van der Waals surface area contributed by atoms with Crippen LogP contribution >= 0.6 is 11.8 Å². The van der Waals surface area contributed by atoms with E-state index in [-0.39, 0.29) is 5.69 Å². The number of aromatic nitrogens is 4. The molecule has 7 heteroatoms. The predicted octanol–water partition coefficient (Wildman–Crippen LogP) is 1.66. The Labute approximate surface area is 88.3 Å². The molecule has 0 saturated carbocycles. The molecule has 0 N–H and O–H groups in total. The standard InChI is InChI=1S/C8H6F2N4S/c1-15-8-11-12-13-14(8)7-5(9)3-2-4-6(7)10/h2-4H,1H3. The molecule has 2 aromatic rings. The lowest BCUT2D eigenvalue weighted by Crippen LogP contribution is -2.04. The Morgan fingerprint density at radius 2 is 1.93 bits per heavy atom. The van der Waals surface area contributed by atoms with E-state index < -0.39 is 11.6 Å². The summed E-state index contributed by atoms with van der Waals surface area (Å²) in [6.45, 7) is 0. The van der Waals surface area contributed by atoms with E-state index in [1.165, 1.54) is 17.8 Å². The predicted molar refractivity (Wildman–Crippen MR) is 50.9 cm³/mol. The number of para-hydroxylation sites is 1. The number of benzene rings is 1. The molecular formula is C8H6F2N4S. The van der Waals surface area contributed by atoms with Crippen LogP contribution in [0.25, 0.3) is 5.69 Å². The van der Waals surface area contributed by atoms with Crippen LogP contribution in [0, 0.1) is 11.6 Å². The third-order valence-corrected chi connectivity index (χ3v) is 2.39. The van der Waals surface area contributed by atoms with Crippen LogP contribution in [0.4, 0.5) is 8.78 Å². The summed E-state index contributed by atoms with van der Waals surface area (Å²) in [5, 5.41) is 10.9. The molecule has 4 nitrogen and oxygen atoms in total. The molecule has 1 aromatic carbocycles. The summed E-state index contributed by atoms with van der Waals surface area (Å²) >= 11 is 1.21. The summed E-state index contributed by atoms with van der Waals surface area (Å²) in [6.07, 6.45) is 1.72. The van der Waals surface area contributed by atoms with Gasteiger partial charge in [-0.05, 0) is 28.8 Å². The Kier molecular flexibility index (Phi) is 2.63. The second kappa shape index (κ2) is 3.93. The van der Waals surface area contributed by atoms with Crippen LogP contribution in [0.3, 0.4) is 0 Å². The Bertz CT molecular complexity index is 465. The van der Waals surface area contributed by atoms with Crippen LogP contribution < -0.4 is 0 Å². The van der Waals surface area contributed by atoms with Gasteiger partial charge in [-0.25, -0.2) is 8.78 Å². The normalized spacial score (nSPS) is 10.6. The van der Waals surface area contributed by atoms with Gasteiger partial charge in [-0.2, -0.15) is 4.68 Å². The van der Waals surface area contributed by atoms with Crippen molar-refractivity contribution in [1.29, 1.82) is 0 Å². The molecule has 78 valence electrons. The first-order valence-corrected chi connectivity index (χ1v) is 5.23. The van der Waals surface area contributed by atoms with Crippen LogP contribution in [-0.4, -0.2) is 26.5 Å². The van der Waals surface area contributed by atoms with Crippen molar-refractivity contribution >= 4 is 11.8 Å². The highest BCUT2D eigenvalue weighted by atomic mass is 32.2. The zero-order valence-corrected chi connectivity index (χ0v) is 8.50.